The summed E-state index contributed by atoms with van der Waals surface area (Å²) < 4.78 is 5.96. The largest absolute Gasteiger partial charge is 0.462 e. The highest BCUT2D eigenvalue weighted by Crippen LogP contribution is 2.18. The molecule has 0 aliphatic rings. The lowest BCUT2D eigenvalue weighted by atomic mass is 10.0. The van der Waals surface area contributed by atoms with E-state index in [2.05, 4.69) is 74.7 Å². The quantitative estimate of drug-likeness (QED) is 0.0321. The molecule has 1 amide bonds. The fraction of sp³-hybridized carbons (Fsp3) is 0.844. The molecule has 0 aliphatic heterocycles. The second-order valence-corrected chi connectivity index (χ2v) is 21.2. The van der Waals surface area contributed by atoms with Crippen LogP contribution < -0.4 is 5.32 Å². The maximum Gasteiger partial charge on any atom is 0.306 e. The Hall–Kier alpha value is -2.18. The van der Waals surface area contributed by atoms with Crippen LogP contribution in [0.4, 0.5) is 0 Å². The molecule has 3 atom stereocenters. The molecule has 0 aliphatic carbocycles. The van der Waals surface area contributed by atoms with E-state index in [9.17, 15) is 19.8 Å². The average Bonchev–Trinajstić information content (AvgIpc) is 3.35. The van der Waals surface area contributed by atoms with Gasteiger partial charge in [0, 0.05) is 6.42 Å². The monoisotopic (exact) mass is 982 g/mol. The molecule has 6 nitrogen and oxygen atoms in total. The molecule has 0 radical (unpaired) electrons. The molecule has 3 N–H and O–H groups in total. The van der Waals surface area contributed by atoms with Crippen LogP contribution in [-0.2, 0) is 14.3 Å². The number of aliphatic hydroxyl groups is 2. The summed E-state index contributed by atoms with van der Waals surface area (Å²) in [5, 5.41) is 23.9. The Balaban J connectivity index is 4.59. The first kappa shape index (κ1) is 67.8. The molecule has 0 fully saturated rings. The van der Waals surface area contributed by atoms with Crippen LogP contribution in [0.1, 0.15) is 323 Å². The van der Waals surface area contributed by atoms with E-state index in [4.69, 9.17) is 4.74 Å². The zero-order valence-corrected chi connectivity index (χ0v) is 46.9. The van der Waals surface area contributed by atoms with Crippen molar-refractivity contribution >= 4 is 11.9 Å². The molecular formula is C64H119NO5. The number of amides is 1. The van der Waals surface area contributed by atoms with Crippen molar-refractivity contribution < 1.29 is 24.5 Å². The maximum absolute atomic E-state index is 13.3. The van der Waals surface area contributed by atoms with Gasteiger partial charge in [0.2, 0.25) is 5.91 Å². The van der Waals surface area contributed by atoms with Crippen molar-refractivity contribution in [1.29, 1.82) is 0 Å². The van der Waals surface area contributed by atoms with Crippen LogP contribution in [0.3, 0.4) is 0 Å². The summed E-state index contributed by atoms with van der Waals surface area (Å²) in [6, 6.07) is -0.715. The second-order valence-electron chi connectivity index (χ2n) is 21.2. The molecular weight excluding hydrogens is 863 g/mol. The Morgan fingerprint density at radius 3 is 1.07 bits per heavy atom. The molecule has 0 heterocycles. The van der Waals surface area contributed by atoms with Crippen molar-refractivity contribution in [3.8, 4) is 0 Å². The summed E-state index contributed by atoms with van der Waals surface area (Å²) in [6.45, 7) is 6.50. The van der Waals surface area contributed by atoms with E-state index in [1.165, 1.54) is 193 Å². The molecule has 0 bridgehead atoms. The van der Waals surface area contributed by atoms with Gasteiger partial charge in [-0.15, -0.1) is 0 Å². The molecule has 70 heavy (non-hydrogen) atoms. The van der Waals surface area contributed by atoms with Gasteiger partial charge in [0.15, 0.2) is 0 Å². The van der Waals surface area contributed by atoms with Crippen molar-refractivity contribution in [2.24, 2.45) is 0 Å². The van der Waals surface area contributed by atoms with Crippen LogP contribution >= 0.6 is 0 Å². The van der Waals surface area contributed by atoms with Gasteiger partial charge in [0.05, 0.1) is 25.2 Å². The summed E-state index contributed by atoms with van der Waals surface area (Å²) in [7, 11) is 0. The minimum absolute atomic E-state index is 0.0549. The number of rotatable bonds is 56. The molecule has 0 spiro atoms. The zero-order valence-electron chi connectivity index (χ0n) is 46.9. The van der Waals surface area contributed by atoms with Gasteiger partial charge < -0.3 is 20.3 Å². The van der Waals surface area contributed by atoms with Crippen LogP contribution in [0, 0.1) is 0 Å². The van der Waals surface area contributed by atoms with E-state index in [-0.39, 0.29) is 24.9 Å². The van der Waals surface area contributed by atoms with Gasteiger partial charge in [0.1, 0.15) is 6.10 Å². The standard InChI is InChI=1S/C64H119NO5/c1-4-7-10-13-16-19-22-25-28-31-33-36-39-42-45-48-51-54-57-64(69)70-60(55-52-49-46-43-40-37-34-30-27-24-21-18-15-12-9-6-3)58-63(68)65-61(59-66)62(67)56-53-50-47-44-41-38-35-32-29-26-23-20-17-14-11-8-5-2/h28,30-31,33-34,36-37,40,60-62,66-67H,4-27,29,32,35,38-39,41-59H2,1-3H3,(H,65,68)/b31-28+,34-30+,36-33+,40-37+. The van der Waals surface area contributed by atoms with Crippen LogP contribution in [0.2, 0.25) is 0 Å². The third-order valence-electron chi connectivity index (χ3n) is 14.2. The second kappa shape index (κ2) is 57.7. The Kier molecular flexibility index (Phi) is 55.9. The van der Waals surface area contributed by atoms with Crippen LogP contribution in [0.5, 0.6) is 0 Å². The van der Waals surface area contributed by atoms with Gasteiger partial charge in [-0.1, -0.05) is 281 Å². The summed E-state index contributed by atoms with van der Waals surface area (Å²) in [5.74, 6) is -0.505. The Morgan fingerprint density at radius 2 is 0.714 bits per heavy atom. The van der Waals surface area contributed by atoms with Gasteiger partial charge in [-0.25, -0.2) is 0 Å². The number of ether oxygens (including phenoxy) is 1. The van der Waals surface area contributed by atoms with Crippen molar-refractivity contribution in [3.05, 3.63) is 48.6 Å². The summed E-state index contributed by atoms with van der Waals surface area (Å²) in [6.07, 6.45) is 71.8. The van der Waals surface area contributed by atoms with E-state index < -0.39 is 18.2 Å². The number of esters is 1. The fourth-order valence-corrected chi connectivity index (χ4v) is 9.47. The number of carbonyl (C=O) groups excluding carboxylic acids is 2. The van der Waals surface area contributed by atoms with Crippen LogP contribution in [0.15, 0.2) is 48.6 Å². The van der Waals surface area contributed by atoms with Gasteiger partial charge >= 0.3 is 5.97 Å². The minimum Gasteiger partial charge on any atom is -0.462 e. The van der Waals surface area contributed by atoms with E-state index in [1.807, 2.05) is 0 Å². The van der Waals surface area contributed by atoms with Gasteiger partial charge in [-0.2, -0.15) is 0 Å². The molecule has 3 unspecified atom stereocenters. The van der Waals surface area contributed by atoms with E-state index in [1.54, 1.807) is 0 Å². The van der Waals surface area contributed by atoms with Crippen molar-refractivity contribution in [2.75, 3.05) is 6.61 Å². The van der Waals surface area contributed by atoms with Crippen LogP contribution in [-0.4, -0.2) is 46.9 Å². The first-order chi connectivity index (χ1) is 34.5. The minimum atomic E-state index is -0.799. The number of hydrogen-bond acceptors (Lipinski definition) is 5. The summed E-state index contributed by atoms with van der Waals surface area (Å²) in [5.41, 5.74) is 0. The third kappa shape index (κ3) is 52.2. The lowest BCUT2D eigenvalue weighted by Gasteiger charge is -2.24. The average molecular weight is 983 g/mol. The summed E-state index contributed by atoms with van der Waals surface area (Å²) in [4.78, 5) is 26.3. The van der Waals surface area contributed by atoms with Gasteiger partial charge in [-0.3, -0.25) is 9.59 Å². The topological polar surface area (TPSA) is 95.9 Å². The first-order valence-electron chi connectivity index (χ1n) is 30.9. The highest BCUT2D eigenvalue weighted by molar-refractivity contribution is 5.77. The number of unbranched alkanes of at least 4 members (excludes halogenated alkanes) is 38. The number of allylic oxidation sites excluding steroid dienone is 8. The molecule has 0 saturated heterocycles. The van der Waals surface area contributed by atoms with Crippen LogP contribution in [0.25, 0.3) is 0 Å². The number of hydrogen-bond donors (Lipinski definition) is 3. The SMILES string of the molecule is CCCCCCCCC/C=C/C=C/CCCCCCCC(=O)OC(CCCCC/C=C/C=C/CCCCCCCCC)CC(=O)NC(CO)C(O)CCCCCCCCCCCCCCCCCCC. The summed E-state index contributed by atoms with van der Waals surface area (Å²) >= 11 is 0. The van der Waals surface area contributed by atoms with Crippen molar-refractivity contribution in [3.63, 3.8) is 0 Å². The molecule has 0 aromatic carbocycles. The fourth-order valence-electron chi connectivity index (χ4n) is 9.47. The molecule has 0 aromatic rings. The molecule has 6 heteroatoms. The zero-order chi connectivity index (χ0) is 50.9. The lowest BCUT2D eigenvalue weighted by molar-refractivity contribution is -0.151. The van der Waals surface area contributed by atoms with E-state index in [0.29, 0.717) is 19.3 Å². The molecule has 0 aromatic heterocycles. The first-order valence-corrected chi connectivity index (χ1v) is 30.9. The van der Waals surface area contributed by atoms with Gasteiger partial charge in [-0.05, 0) is 77.0 Å². The number of nitrogens with one attached hydrogen (secondary N) is 1. The van der Waals surface area contributed by atoms with Crippen molar-refractivity contribution in [1.82, 2.24) is 5.32 Å². The Bertz CT molecular complexity index is 1190. The van der Waals surface area contributed by atoms with E-state index in [0.717, 1.165) is 83.5 Å². The molecule has 0 rings (SSSR count). The third-order valence-corrected chi connectivity index (χ3v) is 14.2. The molecule has 410 valence electrons. The maximum atomic E-state index is 13.3. The predicted molar refractivity (Wildman–Crippen MR) is 305 cm³/mol. The smallest absolute Gasteiger partial charge is 0.306 e. The molecule has 0 saturated carbocycles. The van der Waals surface area contributed by atoms with Gasteiger partial charge in [0.25, 0.3) is 0 Å². The Morgan fingerprint density at radius 1 is 0.414 bits per heavy atom. The number of aliphatic hydroxyl groups excluding tert-OH is 2. The highest BCUT2D eigenvalue weighted by atomic mass is 16.5. The van der Waals surface area contributed by atoms with E-state index >= 15 is 0 Å². The highest BCUT2D eigenvalue weighted by Gasteiger charge is 2.24. The lowest BCUT2D eigenvalue weighted by Crippen LogP contribution is -2.46. The number of carbonyl (C=O) groups is 2. The normalized spacial score (nSPS) is 13.4. The predicted octanol–water partition coefficient (Wildman–Crippen LogP) is 19.4. The van der Waals surface area contributed by atoms with Crippen molar-refractivity contribution in [2.45, 2.75) is 341 Å². The Labute approximate surface area is 436 Å².